The third-order valence-electron chi connectivity index (χ3n) is 3.18. The summed E-state index contributed by atoms with van der Waals surface area (Å²) >= 11 is 0. The van der Waals surface area contributed by atoms with E-state index < -0.39 is 0 Å². The largest absolute Gasteiger partial charge is 0.294 e. The minimum Gasteiger partial charge on any atom is -0.294 e. The molecule has 0 radical (unpaired) electrons. The summed E-state index contributed by atoms with van der Waals surface area (Å²) in [6.45, 7) is 0. The highest BCUT2D eigenvalue weighted by atomic mass is 16.1. The van der Waals surface area contributed by atoms with Gasteiger partial charge >= 0.3 is 0 Å². The Morgan fingerprint density at radius 3 is 1.57 bits per heavy atom. The van der Waals surface area contributed by atoms with Crippen LogP contribution < -0.4 is 0 Å². The number of carbonyl (C=O) groups excluding carboxylic acids is 2. The van der Waals surface area contributed by atoms with Gasteiger partial charge in [0.25, 0.3) is 0 Å². The molecular formula is C12H10O2. The number of benzene rings is 1. The zero-order chi connectivity index (χ0) is 9.71. The van der Waals surface area contributed by atoms with Gasteiger partial charge in [-0.1, -0.05) is 12.1 Å². The summed E-state index contributed by atoms with van der Waals surface area (Å²) in [6, 6.07) is 4.02. The molecule has 2 aliphatic carbocycles. The van der Waals surface area contributed by atoms with Gasteiger partial charge in [0.05, 0.1) is 0 Å². The maximum Gasteiger partial charge on any atom is 0.164 e. The van der Waals surface area contributed by atoms with Gasteiger partial charge in [0.2, 0.25) is 0 Å². The molecule has 2 aliphatic rings. The van der Waals surface area contributed by atoms with E-state index in [9.17, 15) is 9.59 Å². The Balaban J connectivity index is 2.34. The second kappa shape index (κ2) is 2.53. The normalized spacial score (nSPS) is 18.6. The van der Waals surface area contributed by atoms with E-state index in [0.29, 0.717) is 12.8 Å². The van der Waals surface area contributed by atoms with Crippen molar-refractivity contribution in [3.8, 4) is 0 Å². The van der Waals surface area contributed by atoms with Gasteiger partial charge in [-0.25, -0.2) is 0 Å². The van der Waals surface area contributed by atoms with Gasteiger partial charge in [-0.3, -0.25) is 9.59 Å². The highest BCUT2D eigenvalue weighted by molar-refractivity contribution is 6.13. The van der Waals surface area contributed by atoms with E-state index >= 15 is 0 Å². The van der Waals surface area contributed by atoms with Gasteiger partial charge in [0.1, 0.15) is 0 Å². The Morgan fingerprint density at radius 2 is 1.14 bits per heavy atom. The van der Waals surface area contributed by atoms with Gasteiger partial charge in [-0.2, -0.15) is 0 Å². The quantitative estimate of drug-likeness (QED) is 0.620. The molecule has 0 fully saturated rings. The van der Waals surface area contributed by atoms with Crippen molar-refractivity contribution in [1.82, 2.24) is 0 Å². The summed E-state index contributed by atoms with van der Waals surface area (Å²) in [4.78, 5) is 23.2. The van der Waals surface area contributed by atoms with Gasteiger partial charge in [-0.05, 0) is 24.0 Å². The average molecular weight is 186 g/mol. The molecule has 0 saturated carbocycles. The summed E-state index contributed by atoms with van der Waals surface area (Å²) in [5, 5.41) is 0. The highest BCUT2D eigenvalue weighted by Crippen LogP contribution is 2.32. The molecular weight excluding hydrogens is 176 g/mol. The molecule has 1 aromatic rings. The molecule has 0 unspecified atom stereocenters. The first-order chi connectivity index (χ1) is 6.77. The van der Waals surface area contributed by atoms with E-state index in [0.717, 1.165) is 35.1 Å². The van der Waals surface area contributed by atoms with E-state index in [1.807, 2.05) is 12.1 Å². The van der Waals surface area contributed by atoms with Crippen LogP contribution in [0.25, 0.3) is 0 Å². The van der Waals surface area contributed by atoms with E-state index in [-0.39, 0.29) is 11.6 Å². The fourth-order valence-corrected chi connectivity index (χ4v) is 2.49. The molecule has 0 saturated heterocycles. The molecule has 0 spiro atoms. The van der Waals surface area contributed by atoms with Crippen molar-refractivity contribution in [1.29, 1.82) is 0 Å². The van der Waals surface area contributed by atoms with Gasteiger partial charge in [-0.15, -0.1) is 0 Å². The van der Waals surface area contributed by atoms with Crippen LogP contribution in [0.5, 0.6) is 0 Å². The molecule has 0 amide bonds. The van der Waals surface area contributed by atoms with Crippen LogP contribution in [0.4, 0.5) is 0 Å². The molecule has 70 valence electrons. The highest BCUT2D eigenvalue weighted by Gasteiger charge is 2.30. The summed E-state index contributed by atoms with van der Waals surface area (Å²) < 4.78 is 0. The van der Waals surface area contributed by atoms with Crippen LogP contribution in [-0.4, -0.2) is 11.6 Å². The number of rotatable bonds is 0. The Labute approximate surface area is 81.9 Å². The molecule has 2 heteroatoms. The van der Waals surface area contributed by atoms with E-state index in [2.05, 4.69) is 0 Å². The van der Waals surface area contributed by atoms with Crippen molar-refractivity contribution >= 4 is 11.6 Å². The van der Waals surface area contributed by atoms with Crippen LogP contribution in [0, 0.1) is 0 Å². The zero-order valence-electron chi connectivity index (χ0n) is 7.80. The van der Waals surface area contributed by atoms with Crippen molar-refractivity contribution in [3.63, 3.8) is 0 Å². The molecule has 14 heavy (non-hydrogen) atoms. The van der Waals surface area contributed by atoms with Gasteiger partial charge in [0, 0.05) is 24.0 Å². The molecule has 3 rings (SSSR count). The van der Waals surface area contributed by atoms with Crippen LogP contribution in [0.2, 0.25) is 0 Å². The number of hydrogen-bond donors (Lipinski definition) is 0. The Bertz CT molecular complexity index is 415. The van der Waals surface area contributed by atoms with Crippen molar-refractivity contribution < 1.29 is 9.59 Å². The van der Waals surface area contributed by atoms with Crippen LogP contribution in [0.3, 0.4) is 0 Å². The Morgan fingerprint density at radius 1 is 0.714 bits per heavy atom. The predicted octanol–water partition coefficient (Wildman–Crippen LogP) is 1.94. The first-order valence-electron chi connectivity index (χ1n) is 4.98. The number of hydrogen-bond acceptors (Lipinski definition) is 2. The minimum atomic E-state index is 0.159. The van der Waals surface area contributed by atoms with Crippen molar-refractivity contribution in [2.45, 2.75) is 25.7 Å². The molecule has 0 heterocycles. The number of aryl methyl sites for hydroxylation is 2. The number of Topliss-reactive ketones (excluding diaryl/α,β-unsaturated/α-hetero) is 2. The Hall–Kier alpha value is -1.44. The third-order valence-corrected chi connectivity index (χ3v) is 3.18. The lowest BCUT2D eigenvalue weighted by Crippen LogP contribution is -2.03. The second-order valence-electron chi connectivity index (χ2n) is 3.98. The number of fused-ring (bicyclic) bond motifs is 3. The lowest BCUT2D eigenvalue weighted by Gasteiger charge is -2.03. The van der Waals surface area contributed by atoms with Crippen LogP contribution >= 0.6 is 0 Å². The number of carbonyl (C=O) groups is 2. The first kappa shape index (κ1) is 7.92. The summed E-state index contributed by atoms with van der Waals surface area (Å²) in [5.74, 6) is 0.319. The fourth-order valence-electron chi connectivity index (χ4n) is 2.49. The maximum atomic E-state index is 11.6. The Kier molecular flexibility index (Phi) is 1.43. The third kappa shape index (κ3) is 0.857. The molecule has 0 N–H and O–H groups in total. The fraction of sp³-hybridized carbons (Fsp3) is 0.333. The van der Waals surface area contributed by atoms with E-state index in [4.69, 9.17) is 0 Å². The average Bonchev–Trinajstić information content (AvgIpc) is 2.72. The SMILES string of the molecule is O=C1CCc2ccc3c(c21)C(=O)CC3. The molecule has 0 aliphatic heterocycles. The van der Waals surface area contributed by atoms with Crippen LogP contribution in [0.1, 0.15) is 44.7 Å². The van der Waals surface area contributed by atoms with Crippen molar-refractivity contribution in [3.05, 3.63) is 34.4 Å². The lowest BCUT2D eigenvalue weighted by molar-refractivity contribution is 0.0964. The molecule has 2 nitrogen and oxygen atoms in total. The van der Waals surface area contributed by atoms with Crippen molar-refractivity contribution in [2.75, 3.05) is 0 Å². The summed E-state index contributed by atoms with van der Waals surface area (Å²) in [5.41, 5.74) is 3.63. The monoisotopic (exact) mass is 186 g/mol. The van der Waals surface area contributed by atoms with Gasteiger partial charge < -0.3 is 0 Å². The van der Waals surface area contributed by atoms with Gasteiger partial charge in [0.15, 0.2) is 11.6 Å². The topological polar surface area (TPSA) is 34.1 Å². The van der Waals surface area contributed by atoms with Crippen LogP contribution in [-0.2, 0) is 12.8 Å². The van der Waals surface area contributed by atoms with E-state index in [1.54, 1.807) is 0 Å². The second-order valence-corrected chi connectivity index (χ2v) is 3.98. The maximum absolute atomic E-state index is 11.6. The molecule has 0 aromatic heterocycles. The summed E-state index contributed by atoms with van der Waals surface area (Å²) in [6.07, 6.45) is 2.79. The van der Waals surface area contributed by atoms with E-state index in [1.165, 1.54) is 0 Å². The van der Waals surface area contributed by atoms with Crippen molar-refractivity contribution in [2.24, 2.45) is 0 Å². The number of ketones is 2. The predicted molar refractivity (Wildman–Crippen MR) is 51.7 cm³/mol. The first-order valence-corrected chi connectivity index (χ1v) is 4.98. The summed E-state index contributed by atoms with van der Waals surface area (Å²) in [7, 11) is 0. The lowest BCUT2D eigenvalue weighted by atomic mass is 9.99. The van der Waals surface area contributed by atoms with Crippen LogP contribution in [0.15, 0.2) is 12.1 Å². The zero-order valence-corrected chi connectivity index (χ0v) is 7.80. The smallest absolute Gasteiger partial charge is 0.164 e. The minimum absolute atomic E-state index is 0.159. The molecule has 0 atom stereocenters. The molecule has 1 aromatic carbocycles. The molecule has 0 bridgehead atoms. The standard InChI is InChI=1S/C12H10O2/c13-9-5-3-7-1-2-8-4-6-10(14)12(8)11(7)9/h1-2H,3-6H2.